The number of sulfonamides is 1. The Morgan fingerprint density at radius 1 is 0.871 bits per heavy atom. The summed E-state index contributed by atoms with van der Waals surface area (Å²) in [5, 5.41) is 9.80. The summed E-state index contributed by atoms with van der Waals surface area (Å²) >= 11 is 0. The maximum absolute atomic E-state index is 13.5. The van der Waals surface area contributed by atoms with Gasteiger partial charge in [-0.1, -0.05) is 53.7 Å². The fourth-order valence-electron chi connectivity index (χ4n) is 3.50. The van der Waals surface area contributed by atoms with Gasteiger partial charge in [-0.3, -0.25) is 4.72 Å². The number of rotatable bonds is 6. The standard InChI is InChI=1S/C23H30F3NO3S/c1-12(2)16-8-18(13(3)4)22(19(9-16)14(5)6)31(29,30)27-21-11-17(28)10-20(15(21)7)23(24,25)26/h8-14,27-28H,1-7H3. The molecule has 0 heterocycles. The van der Waals surface area contributed by atoms with Crippen LogP contribution >= 0.6 is 0 Å². The normalized spacial score (nSPS) is 12.8. The first-order valence-corrected chi connectivity index (χ1v) is 11.7. The highest BCUT2D eigenvalue weighted by Crippen LogP contribution is 2.40. The second kappa shape index (κ2) is 8.73. The van der Waals surface area contributed by atoms with Gasteiger partial charge in [-0.25, -0.2) is 8.42 Å². The van der Waals surface area contributed by atoms with Crippen LogP contribution < -0.4 is 4.72 Å². The van der Waals surface area contributed by atoms with Gasteiger partial charge in [0.2, 0.25) is 0 Å². The molecule has 0 fully saturated rings. The molecule has 0 amide bonds. The number of phenols is 1. The van der Waals surface area contributed by atoms with Crippen molar-refractivity contribution in [3.8, 4) is 5.75 Å². The van der Waals surface area contributed by atoms with Crippen molar-refractivity contribution in [2.75, 3.05) is 4.72 Å². The third kappa shape index (κ3) is 5.34. The Hall–Kier alpha value is -2.22. The number of aromatic hydroxyl groups is 1. The molecule has 0 aliphatic heterocycles. The van der Waals surface area contributed by atoms with E-state index in [0.717, 1.165) is 11.6 Å². The summed E-state index contributed by atoms with van der Waals surface area (Å²) in [6.45, 7) is 12.7. The van der Waals surface area contributed by atoms with Crippen LogP contribution in [0, 0.1) is 6.92 Å². The molecule has 8 heteroatoms. The number of hydrogen-bond acceptors (Lipinski definition) is 3. The number of nitrogens with one attached hydrogen (secondary N) is 1. The summed E-state index contributed by atoms with van der Waals surface area (Å²) in [4.78, 5) is 0.0817. The summed E-state index contributed by atoms with van der Waals surface area (Å²) in [5.74, 6) is -0.737. The van der Waals surface area contributed by atoms with Crippen LogP contribution in [0.15, 0.2) is 29.2 Å². The summed E-state index contributed by atoms with van der Waals surface area (Å²) in [6, 6.07) is 5.29. The highest BCUT2D eigenvalue weighted by atomic mass is 32.2. The van der Waals surface area contributed by atoms with E-state index >= 15 is 0 Å². The SMILES string of the molecule is Cc1c(NS(=O)(=O)c2c(C(C)C)cc(C(C)C)cc2C(C)C)cc(O)cc1C(F)(F)F. The van der Waals surface area contributed by atoms with Crippen LogP contribution in [-0.2, 0) is 16.2 Å². The second-order valence-electron chi connectivity index (χ2n) is 8.76. The summed E-state index contributed by atoms with van der Waals surface area (Å²) < 4.78 is 69.3. The van der Waals surface area contributed by atoms with E-state index in [1.165, 1.54) is 6.92 Å². The minimum Gasteiger partial charge on any atom is -0.508 e. The van der Waals surface area contributed by atoms with E-state index in [1.807, 2.05) is 53.7 Å². The van der Waals surface area contributed by atoms with Crippen molar-refractivity contribution in [2.45, 2.75) is 77.3 Å². The molecular weight excluding hydrogens is 427 g/mol. The summed E-state index contributed by atoms with van der Waals surface area (Å²) in [6.07, 6.45) is -4.73. The number of halogens is 3. The number of phenolic OH excluding ortho intramolecular Hbond substituents is 1. The lowest BCUT2D eigenvalue weighted by molar-refractivity contribution is -0.138. The molecule has 0 aliphatic carbocycles. The van der Waals surface area contributed by atoms with Crippen molar-refractivity contribution >= 4 is 15.7 Å². The first-order valence-electron chi connectivity index (χ1n) is 10.2. The number of benzene rings is 2. The highest BCUT2D eigenvalue weighted by molar-refractivity contribution is 7.92. The molecule has 0 saturated carbocycles. The predicted molar refractivity (Wildman–Crippen MR) is 117 cm³/mol. The lowest BCUT2D eigenvalue weighted by Crippen LogP contribution is -2.20. The molecule has 0 radical (unpaired) electrons. The Bertz CT molecular complexity index is 1040. The molecule has 0 spiro atoms. The van der Waals surface area contributed by atoms with Crippen molar-refractivity contribution in [3.63, 3.8) is 0 Å². The van der Waals surface area contributed by atoms with Crippen LogP contribution in [0.25, 0.3) is 0 Å². The van der Waals surface area contributed by atoms with E-state index in [1.54, 1.807) is 0 Å². The summed E-state index contributed by atoms with van der Waals surface area (Å²) in [5.41, 5.74) is 0.523. The van der Waals surface area contributed by atoms with Crippen molar-refractivity contribution in [3.05, 3.63) is 52.1 Å². The Kier molecular flexibility index (Phi) is 7.05. The van der Waals surface area contributed by atoms with Crippen LogP contribution in [0.4, 0.5) is 18.9 Å². The van der Waals surface area contributed by atoms with Crippen LogP contribution in [-0.4, -0.2) is 13.5 Å². The Balaban J connectivity index is 2.76. The van der Waals surface area contributed by atoms with Gasteiger partial charge in [0.25, 0.3) is 10.0 Å². The van der Waals surface area contributed by atoms with Crippen LogP contribution in [0.2, 0.25) is 0 Å². The van der Waals surface area contributed by atoms with Crippen molar-refractivity contribution in [2.24, 2.45) is 0 Å². The Morgan fingerprint density at radius 3 is 1.74 bits per heavy atom. The fraction of sp³-hybridized carbons (Fsp3) is 0.478. The van der Waals surface area contributed by atoms with Crippen molar-refractivity contribution in [1.82, 2.24) is 0 Å². The van der Waals surface area contributed by atoms with Crippen LogP contribution in [0.1, 0.15) is 87.1 Å². The molecule has 172 valence electrons. The zero-order valence-corrected chi connectivity index (χ0v) is 19.7. The van der Waals surface area contributed by atoms with Gasteiger partial charge in [0.1, 0.15) is 5.75 Å². The van der Waals surface area contributed by atoms with E-state index in [-0.39, 0.29) is 33.9 Å². The average molecular weight is 458 g/mol. The topological polar surface area (TPSA) is 66.4 Å². The third-order valence-electron chi connectivity index (χ3n) is 5.29. The average Bonchev–Trinajstić information content (AvgIpc) is 2.61. The van der Waals surface area contributed by atoms with Crippen molar-refractivity contribution in [1.29, 1.82) is 0 Å². The van der Waals surface area contributed by atoms with Gasteiger partial charge < -0.3 is 5.11 Å². The second-order valence-corrected chi connectivity index (χ2v) is 10.4. The van der Waals surface area contributed by atoms with Crippen LogP contribution in [0.3, 0.4) is 0 Å². The molecule has 2 aromatic carbocycles. The number of alkyl halides is 3. The van der Waals surface area contributed by atoms with E-state index in [4.69, 9.17) is 0 Å². The third-order valence-corrected chi connectivity index (χ3v) is 6.79. The molecule has 2 aromatic rings. The molecule has 0 aliphatic rings. The Labute approximate surface area is 182 Å². The van der Waals surface area contributed by atoms with Gasteiger partial charge in [0.05, 0.1) is 16.1 Å². The van der Waals surface area contributed by atoms with Crippen molar-refractivity contribution < 1.29 is 26.7 Å². The molecule has 0 unspecified atom stereocenters. The smallest absolute Gasteiger partial charge is 0.416 e. The monoisotopic (exact) mass is 457 g/mol. The lowest BCUT2D eigenvalue weighted by atomic mass is 9.89. The largest absolute Gasteiger partial charge is 0.508 e. The van der Waals surface area contributed by atoms with Gasteiger partial charge in [-0.05, 0) is 53.0 Å². The van der Waals surface area contributed by atoms with E-state index in [2.05, 4.69) is 4.72 Å². The minimum absolute atomic E-state index is 0.0817. The molecule has 2 N–H and O–H groups in total. The molecule has 2 rings (SSSR count). The molecule has 0 bridgehead atoms. The van der Waals surface area contributed by atoms with Gasteiger partial charge in [0, 0.05) is 6.07 Å². The fourth-order valence-corrected chi connectivity index (χ4v) is 5.31. The van der Waals surface area contributed by atoms with Gasteiger partial charge in [-0.2, -0.15) is 13.2 Å². The van der Waals surface area contributed by atoms with Gasteiger partial charge in [-0.15, -0.1) is 0 Å². The van der Waals surface area contributed by atoms with Crippen LogP contribution in [0.5, 0.6) is 5.75 Å². The molecule has 4 nitrogen and oxygen atoms in total. The maximum Gasteiger partial charge on any atom is 0.416 e. The highest BCUT2D eigenvalue weighted by Gasteiger charge is 2.35. The van der Waals surface area contributed by atoms with E-state index in [0.29, 0.717) is 17.2 Å². The number of hydrogen-bond donors (Lipinski definition) is 2. The maximum atomic E-state index is 13.5. The lowest BCUT2D eigenvalue weighted by Gasteiger charge is -2.24. The molecule has 0 atom stereocenters. The van der Waals surface area contributed by atoms with E-state index < -0.39 is 27.5 Å². The zero-order valence-electron chi connectivity index (χ0n) is 18.8. The van der Waals surface area contributed by atoms with Gasteiger partial charge in [0.15, 0.2) is 0 Å². The Morgan fingerprint density at radius 2 is 1.35 bits per heavy atom. The first kappa shape index (κ1) is 25.0. The molecule has 0 aromatic heterocycles. The zero-order chi connectivity index (χ0) is 23.9. The predicted octanol–water partition coefficient (Wildman–Crippen LogP) is 6.89. The minimum atomic E-state index is -4.73. The molecular formula is C23H30F3NO3S. The molecule has 31 heavy (non-hydrogen) atoms. The van der Waals surface area contributed by atoms with E-state index in [9.17, 15) is 26.7 Å². The molecule has 0 saturated heterocycles. The quantitative estimate of drug-likeness (QED) is 0.496. The number of anilines is 1. The first-order chi connectivity index (χ1) is 14.1. The summed E-state index contributed by atoms with van der Waals surface area (Å²) in [7, 11) is -4.24. The van der Waals surface area contributed by atoms with Gasteiger partial charge >= 0.3 is 6.18 Å².